The molecule has 1 aromatic carbocycles. The Kier molecular flexibility index (Phi) is 6.52. The number of carboxylic acids is 1. The average molecular weight is 501 g/mol. The van der Waals surface area contributed by atoms with Crippen LogP contribution in [0, 0.1) is 19.3 Å². The molecule has 0 bridgehead atoms. The van der Waals surface area contributed by atoms with Crippen LogP contribution in [-0.4, -0.2) is 45.7 Å². The largest absolute Gasteiger partial charge is 0.481 e. The van der Waals surface area contributed by atoms with E-state index in [2.05, 4.69) is 51.8 Å². The van der Waals surface area contributed by atoms with Crippen LogP contribution in [0.2, 0.25) is 0 Å². The maximum atomic E-state index is 11.9. The molecule has 2 aliphatic heterocycles. The number of piperidine rings is 1. The number of nitrogens with two attached hydrogens (primary N) is 1. The summed E-state index contributed by atoms with van der Waals surface area (Å²) in [5.74, 6) is 0.301. The highest BCUT2D eigenvalue weighted by Crippen LogP contribution is 2.42. The van der Waals surface area contributed by atoms with Crippen molar-refractivity contribution in [2.75, 3.05) is 35.2 Å². The maximum absolute atomic E-state index is 11.9. The molecule has 0 unspecified atom stereocenters. The zero-order valence-corrected chi connectivity index (χ0v) is 22.2. The number of hydrogen-bond acceptors (Lipinski definition) is 7. The highest BCUT2D eigenvalue weighted by molar-refractivity contribution is 5.86. The molecule has 4 heterocycles. The third kappa shape index (κ3) is 5.10. The van der Waals surface area contributed by atoms with E-state index in [0.29, 0.717) is 5.41 Å². The fourth-order valence-corrected chi connectivity index (χ4v) is 5.71. The van der Waals surface area contributed by atoms with Gasteiger partial charge in [-0.05, 0) is 61.3 Å². The zero-order valence-electron chi connectivity index (χ0n) is 22.2. The van der Waals surface area contributed by atoms with E-state index in [0.717, 1.165) is 85.0 Å². The molecule has 3 aromatic rings. The number of aryl methyl sites for hydroxylation is 2. The number of benzene rings is 1. The Bertz CT molecular complexity index is 1340. The summed E-state index contributed by atoms with van der Waals surface area (Å²) >= 11 is 0. The van der Waals surface area contributed by atoms with Gasteiger partial charge in [-0.1, -0.05) is 32.0 Å². The summed E-state index contributed by atoms with van der Waals surface area (Å²) in [6.07, 6.45) is 4.71. The Morgan fingerprint density at radius 3 is 2.49 bits per heavy atom. The first-order valence-corrected chi connectivity index (χ1v) is 13.0. The normalized spacial score (nSPS) is 17.0. The highest BCUT2D eigenvalue weighted by Gasteiger charge is 2.30. The monoisotopic (exact) mass is 500 g/mol. The first-order chi connectivity index (χ1) is 17.6. The summed E-state index contributed by atoms with van der Waals surface area (Å²) in [5.41, 5.74) is 14.5. The van der Waals surface area contributed by atoms with E-state index in [1.807, 2.05) is 19.9 Å². The predicted molar refractivity (Wildman–Crippen MR) is 147 cm³/mol. The van der Waals surface area contributed by atoms with Crippen LogP contribution in [0.3, 0.4) is 0 Å². The van der Waals surface area contributed by atoms with Crippen molar-refractivity contribution in [3.63, 3.8) is 0 Å². The summed E-state index contributed by atoms with van der Waals surface area (Å²) in [6, 6.07) is 8.54. The van der Waals surface area contributed by atoms with Crippen LogP contribution < -0.4 is 15.5 Å². The van der Waals surface area contributed by atoms with Crippen molar-refractivity contribution < 1.29 is 9.90 Å². The van der Waals surface area contributed by atoms with Crippen LogP contribution >= 0.6 is 0 Å². The molecule has 0 radical (unpaired) electrons. The van der Waals surface area contributed by atoms with Gasteiger partial charge in [0.15, 0.2) is 0 Å². The third-order valence-corrected chi connectivity index (χ3v) is 7.91. The summed E-state index contributed by atoms with van der Waals surface area (Å²) in [5, 5.41) is 9.75. The van der Waals surface area contributed by atoms with Crippen LogP contribution in [0.4, 0.5) is 17.5 Å². The van der Waals surface area contributed by atoms with E-state index in [1.165, 1.54) is 11.1 Å². The zero-order chi connectivity index (χ0) is 26.3. The topological polar surface area (TPSA) is 108 Å². The number of carbonyl (C=O) groups is 1. The molecule has 8 heteroatoms. The van der Waals surface area contributed by atoms with Gasteiger partial charge in [0.05, 0.1) is 12.1 Å². The number of pyridine rings is 1. The minimum atomic E-state index is -0.825. The van der Waals surface area contributed by atoms with E-state index in [4.69, 9.17) is 10.7 Å². The molecule has 37 heavy (non-hydrogen) atoms. The van der Waals surface area contributed by atoms with Gasteiger partial charge in [-0.15, -0.1) is 0 Å². The molecule has 2 aromatic heterocycles. The molecular formula is C29H36N6O2. The summed E-state index contributed by atoms with van der Waals surface area (Å²) < 4.78 is 0. The van der Waals surface area contributed by atoms with Crippen molar-refractivity contribution in [3.8, 4) is 11.1 Å². The lowest BCUT2D eigenvalue weighted by Gasteiger charge is -2.40. The predicted octanol–water partition coefficient (Wildman–Crippen LogP) is 4.55. The van der Waals surface area contributed by atoms with E-state index in [1.54, 1.807) is 6.20 Å². The van der Waals surface area contributed by atoms with Crippen molar-refractivity contribution in [2.45, 2.75) is 59.9 Å². The molecule has 2 aliphatic rings. The molecule has 0 aliphatic carbocycles. The van der Waals surface area contributed by atoms with Gasteiger partial charge in [-0.2, -0.15) is 4.98 Å². The van der Waals surface area contributed by atoms with Crippen molar-refractivity contribution >= 4 is 23.4 Å². The van der Waals surface area contributed by atoms with E-state index in [9.17, 15) is 9.90 Å². The number of aromatic nitrogens is 3. The quantitative estimate of drug-likeness (QED) is 0.525. The second-order valence-corrected chi connectivity index (χ2v) is 11.1. The van der Waals surface area contributed by atoms with Crippen molar-refractivity contribution in [1.29, 1.82) is 0 Å². The van der Waals surface area contributed by atoms with Gasteiger partial charge in [0, 0.05) is 54.9 Å². The second kappa shape index (κ2) is 9.65. The molecule has 8 nitrogen and oxygen atoms in total. The van der Waals surface area contributed by atoms with Gasteiger partial charge in [-0.3, -0.25) is 9.78 Å². The van der Waals surface area contributed by atoms with Crippen LogP contribution in [0.1, 0.15) is 54.8 Å². The Morgan fingerprint density at radius 2 is 1.78 bits per heavy atom. The average Bonchev–Trinajstić information content (AvgIpc) is 2.85. The van der Waals surface area contributed by atoms with Crippen molar-refractivity contribution in [1.82, 2.24) is 15.0 Å². The fourth-order valence-electron chi connectivity index (χ4n) is 5.71. The van der Waals surface area contributed by atoms with E-state index < -0.39 is 5.97 Å². The first kappa shape index (κ1) is 25.0. The number of hydrogen-bond donors (Lipinski definition) is 2. The first-order valence-electron chi connectivity index (χ1n) is 13.0. The smallest absolute Gasteiger partial charge is 0.307 e. The molecule has 0 spiro atoms. The van der Waals surface area contributed by atoms with Gasteiger partial charge in [0.2, 0.25) is 5.95 Å². The molecule has 0 saturated carbocycles. The minimum absolute atomic E-state index is 0.0245. The number of rotatable bonds is 5. The Morgan fingerprint density at radius 1 is 1.03 bits per heavy atom. The molecule has 194 valence electrons. The van der Waals surface area contributed by atoms with Crippen LogP contribution in [-0.2, 0) is 24.2 Å². The number of nitrogen functional groups attached to an aromatic ring is 1. The fraction of sp³-hybridized carbons (Fsp3) is 0.448. The highest BCUT2D eigenvalue weighted by atomic mass is 16.4. The lowest BCUT2D eigenvalue weighted by Crippen LogP contribution is -2.38. The van der Waals surface area contributed by atoms with E-state index in [-0.39, 0.29) is 12.4 Å². The third-order valence-electron chi connectivity index (χ3n) is 7.91. The van der Waals surface area contributed by atoms with Crippen LogP contribution in [0.25, 0.3) is 11.1 Å². The number of nitrogens with zero attached hydrogens (tertiary/aromatic N) is 5. The molecule has 1 fully saturated rings. The Labute approximate surface area is 218 Å². The lowest BCUT2D eigenvalue weighted by atomic mass is 9.82. The SMILES string of the molecule is Cc1nc(C)c(-c2ccc3c(c2)CCN(c2ccnc(N)n2)C3)c(N2CCC(C)(C)CC2)c1CC(=O)O. The number of aliphatic carboxylic acids is 1. The van der Waals surface area contributed by atoms with Gasteiger partial charge in [0.25, 0.3) is 0 Å². The summed E-state index contributed by atoms with van der Waals surface area (Å²) in [7, 11) is 0. The van der Waals surface area contributed by atoms with Crippen LogP contribution in [0.5, 0.6) is 0 Å². The standard InChI is InChI=1S/C29H36N6O2/c1-18-23(16-25(36)37)27(34-13-9-29(3,4)10-14-34)26(19(2)32-18)21-5-6-22-17-35(12-8-20(22)15-21)24-7-11-31-28(30)33-24/h5-7,11,15H,8-10,12-14,16-17H2,1-4H3,(H,36,37)(H2,30,31,33). The second-order valence-electron chi connectivity index (χ2n) is 11.1. The number of anilines is 3. The Balaban J connectivity index is 1.55. The molecule has 0 amide bonds. The van der Waals surface area contributed by atoms with Gasteiger partial charge >= 0.3 is 5.97 Å². The van der Waals surface area contributed by atoms with Gasteiger partial charge in [-0.25, -0.2) is 4.98 Å². The maximum Gasteiger partial charge on any atom is 0.307 e. The Hall–Kier alpha value is -3.68. The van der Waals surface area contributed by atoms with Crippen LogP contribution in [0.15, 0.2) is 30.5 Å². The lowest BCUT2D eigenvalue weighted by molar-refractivity contribution is -0.136. The summed E-state index contributed by atoms with van der Waals surface area (Å²) in [6.45, 7) is 12.0. The minimum Gasteiger partial charge on any atom is -0.481 e. The van der Waals surface area contributed by atoms with Gasteiger partial charge < -0.3 is 20.6 Å². The summed E-state index contributed by atoms with van der Waals surface area (Å²) in [4.78, 5) is 29.8. The molecule has 1 saturated heterocycles. The van der Waals surface area contributed by atoms with E-state index >= 15 is 0 Å². The number of carboxylic acid groups (broad SMARTS) is 1. The number of fused-ring (bicyclic) bond motifs is 1. The van der Waals surface area contributed by atoms with Gasteiger partial charge in [0.1, 0.15) is 5.82 Å². The molecule has 3 N–H and O–H groups in total. The van der Waals surface area contributed by atoms with Crippen molar-refractivity contribution in [2.24, 2.45) is 5.41 Å². The van der Waals surface area contributed by atoms with Crippen molar-refractivity contribution in [3.05, 3.63) is 58.5 Å². The molecular weight excluding hydrogens is 464 g/mol. The molecule has 0 atom stereocenters. The molecule has 5 rings (SSSR count).